The minimum atomic E-state index is -0.559. The summed E-state index contributed by atoms with van der Waals surface area (Å²) >= 11 is 0. The van der Waals surface area contributed by atoms with Crippen molar-refractivity contribution in [1.82, 2.24) is 5.32 Å². The maximum absolute atomic E-state index is 11.9. The highest BCUT2D eigenvalue weighted by atomic mass is 16.6. The van der Waals surface area contributed by atoms with Crippen LogP contribution in [-0.2, 0) is 9.47 Å². The number of benzene rings is 1. The van der Waals surface area contributed by atoms with E-state index in [1.165, 1.54) is 5.56 Å². The lowest BCUT2D eigenvalue weighted by Crippen LogP contribution is -2.36. The van der Waals surface area contributed by atoms with Gasteiger partial charge in [0.2, 0.25) is 0 Å². The van der Waals surface area contributed by atoms with Crippen LogP contribution in [0.4, 0.5) is 4.79 Å². The second-order valence-electron chi connectivity index (χ2n) is 6.93. The van der Waals surface area contributed by atoms with Crippen LogP contribution in [0.3, 0.4) is 0 Å². The second-order valence-corrected chi connectivity index (χ2v) is 6.93. The van der Waals surface area contributed by atoms with Gasteiger partial charge in [-0.05, 0) is 50.7 Å². The summed E-state index contributed by atoms with van der Waals surface area (Å²) in [4.78, 5) is 11.9. The lowest BCUT2D eigenvalue weighted by atomic mass is 9.90. The Labute approximate surface area is 138 Å². The number of nitrogens with one attached hydrogen (secondary N) is 1. The number of amides is 1. The maximum Gasteiger partial charge on any atom is 0.408 e. The first-order valence-corrected chi connectivity index (χ1v) is 8.17. The molecule has 5 heteroatoms. The molecule has 5 nitrogen and oxygen atoms in total. The number of carbonyl (C=O) groups is 1. The number of carbonyl (C=O) groups excluding carboxylic acids is 1. The van der Waals surface area contributed by atoms with Crippen molar-refractivity contribution in [1.29, 1.82) is 0 Å². The van der Waals surface area contributed by atoms with Crippen LogP contribution in [-0.4, -0.2) is 36.6 Å². The van der Waals surface area contributed by atoms with Gasteiger partial charge in [-0.25, -0.2) is 4.79 Å². The lowest BCUT2D eigenvalue weighted by Gasteiger charge is -2.24. The van der Waals surface area contributed by atoms with Crippen molar-refractivity contribution in [3.8, 4) is 0 Å². The van der Waals surface area contributed by atoms with Crippen LogP contribution in [0.1, 0.15) is 56.7 Å². The normalized spacial score (nSPS) is 17.6. The van der Waals surface area contributed by atoms with Gasteiger partial charge in [-0.2, -0.15) is 0 Å². The molecule has 1 heterocycles. The molecule has 0 saturated carbocycles. The smallest absolute Gasteiger partial charge is 0.408 e. The number of aliphatic hydroxyl groups excluding tert-OH is 1. The van der Waals surface area contributed by atoms with Crippen molar-refractivity contribution >= 4 is 6.09 Å². The first kappa shape index (κ1) is 17.8. The third-order valence-corrected chi connectivity index (χ3v) is 3.91. The van der Waals surface area contributed by atoms with E-state index in [9.17, 15) is 9.90 Å². The Hall–Kier alpha value is -1.59. The van der Waals surface area contributed by atoms with Gasteiger partial charge in [-0.1, -0.05) is 24.3 Å². The molecule has 23 heavy (non-hydrogen) atoms. The van der Waals surface area contributed by atoms with Crippen molar-refractivity contribution in [2.45, 2.75) is 51.2 Å². The topological polar surface area (TPSA) is 67.8 Å². The van der Waals surface area contributed by atoms with Gasteiger partial charge in [-0.3, -0.25) is 0 Å². The highest BCUT2D eigenvalue weighted by molar-refractivity contribution is 5.68. The molecule has 1 fully saturated rings. The zero-order chi connectivity index (χ0) is 16.9. The van der Waals surface area contributed by atoms with Crippen LogP contribution in [0.5, 0.6) is 0 Å². The van der Waals surface area contributed by atoms with Crippen molar-refractivity contribution in [2.24, 2.45) is 0 Å². The summed E-state index contributed by atoms with van der Waals surface area (Å²) < 4.78 is 10.6. The van der Waals surface area contributed by atoms with Crippen molar-refractivity contribution in [3.05, 3.63) is 35.4 Å². The van der Waals surface area contributed by atoms with E-state index in [1.54, 1.807) is 0 Å². The lowest BCUT2D eigenvalue weighted by molar-refractivity contribution is 0.0482. The molecular weight excluding hydrogens is 294 g/mol. The fraction of sp³-hybridized carbons (Fsp3) is 0.611. The maximum atomic E-state index is 11.9. The van der Waals surface area contributed by atoms with Crippen molar-refractivity contribution in [3.63, 3.8) is 0 Å². The molecule has 1 atom stereocenters. The monoisotopic (exact) mass is 321 g/mol. The minimum absolute atomic E-state index is 0.171. The molecule has 1 amide bonds. The van der Waals surface area contributed by atoms with Crippen LogP contribution in [0.15, 0.2) is 24.3 Å². The minimum Gasteiger partial charge on any atom is -0.444 e. The molecule has 1 unspecified atom stereocenters. The van der Waals surface area contributed by atoms with Crippen LogP contribution in [0.2, 0.25) is 0 Å². The van der Waals surface area contributed by atoms with Crippen molar-refractivity contribution in [2.75, 3.05) is 19.8 Å². The quantitative estimate of drug-likeness (QED) is 0.894. The Morgan fingerprint density at radius 2 is 1.91 bits per heavy atom. The summed E-state index contributed by atoms with van der Waals surface area (Å²) in [5.41, 5.74) is 1.59. The number of ether oxygens (including phenoxy) is 2. The zero-order valence-corrected chi connectivity index (χ0v) is 14.2. The molecule has 1 aliphatic heterocycles. The Morgan fingerprint density at radius 3 is 2.43 bits per heavy atom. The molecule has 2 rings (SSSR count). The third kappa shape index (κ3) is 5.52. The van der Waals surface area contributed by atoms with Crippen LogP contribution < -0.4 is 5.32 Å². The Bertz CT molecular complexity index is 501. The molecule has 0 aromatic heterocycles. The summed E-state index contributed by atoms with van der Waals surface area (Å²) in [6, 6.07) is 7.61. The predicted molar refractivity (Wildman–Crippen MR) is 88.4 cm³/mol. The Morgan fingerprint density at radius 1 is 1.30 bits per heavy atom. The molecule has 0 spiro atoms. The Kier molecular flexibility index (Phi) is 6.02. The van der Waals surface area contributed by atoms with E-state index in [4.69, 9.17) is 9.47 Å². The number of hydrogen-bond acceptors (Lipinski definition) is 4. The summed E-state index contributed by atoms with van der Waals surface area (Å²) in [5, 5.41) is 12.3. The Balaban J connectivity index is 1.99. The zero-order valence-electron chi connectivity index (χ0n) is 14.2. The van der Waals surface area contributed by atoms with E-state index in [-0.39, 0.29) is 6.61 Å². The van der Waals surface area contributed by atoms with Crippen LogP contribution in [0, 0.1) is 0 Å². The van der Waals surface area contributed by atoms with Gasteiger partial charge in [0.25, 0.3) is 0 Å². The fourth-order valence-electron chi connectivity index (χ4n) is 2.72. The number of alkyl carbamates (subject to hydrolysis) is 1. The molecule has 1 aromatic carbocycles. The first-order valence-electron chi connectivity index (χ1n) is 8.17. The molecular formula is C18H27NO4. The van der Waals surface area contributed by atoms with Gasteiger partial charge < -0.3 is 19.9 Å². The predicted octanol–water partition coefficient (Wildman–Crippen LogP) is 3.14. The van der Waals surface area contributed by atoms with Gasteiger partial charge >= 0.3 is 6.09 Å². The van der Waals surface area contributed by atoms with Crippen LogP contribution in [0.25, 0.3) is 0 Å². The number of hydrogen-bond donors (Lipinski definition) is 2. The molecule has 1 saturated heterocycles. The van der Waals surface area contributed by atoms with E-state index in [0.29, 0.717) is 5.92 Å². The average Bonchev–Trinajstić information content (AvgIpc) is 2.52. The first-order chi connectivity index (χ1) is 10.9. The van der Waals surface area contributed by atoms with Crippen molar-refractivity contribution < 1.29 is 19.4 Å². The summed E-state index contributed by atoms with van der Waals surface area (Å²) in [6.45, 7) is 6.88. The summed E-state index contributed by atoms with van der Waals surface area (Å²) in [6.07, 6.45) is 1.56. The molecule has 0 aliphatic carbocycles. The van der Waals surface area contributed by atoms with E-state index in [0.717, 1.165) is 31.6 Å². The molecule has 128 valence electrons. The highest BCUT2D eigenvalue weighted by Gasteiger charge is 2.21. The second kappa shape index (κ2) is 7.79. The van der Waals surface area contributed by atoms with E-state index in [1.807, 2.05) is 32.9 Å². The number of rotatable bonds is 4. The molecule has 1 aliphatic rings. The summed E-state index contributed by atoms with van der Waals surface area (Å²) in [5.74, 6) is 0.532. The average molecular weight is 321 g/mol. The van der Waals surface area contributed by atoms with E-state index in [2.05, 4.69) is 17.4 Å². The largest absolute Gasteiger partial charge is 0.444 e. The van der Waals surface area contributed by atoms with Gasteiger partial charge in [0, 0.05) is 13.2 Å². The van der Waals surface area contributed by atoms with Gasteiger partial charge in [0.1, 0.15) is 5.60 Å². The van der Waals surface area contributed by atoms with E-state index < -0.39 is 17.7 Å². The van der Waals surface area contributed by atoms with Gasteiger partial charge in [0.05, 0.1) is 12.6 Å². The van der Waals surface area contributed by atoms with Gasteiger partial charge in [0.15, 0.2) is 0 Å². The molecule has 0 radical (unpaired) electrons. The SMILES string of the molecule is CC(C)(C)OC(=O)NC(CO)c1ccc(C2CCOCC2)cc1. The molecule has 1 aromatic rings. The highest BCUT2D eigenvalue weighted by Crippen LogP contribution is 2.27. The third-order valence-electron chi connectivity index (χ3n) is 3.91. The van der Waals surface area contributed by atoms with Gasteiger partial charge in [-0.15, -0.1) is 0 Å². The fourth-order valence-corrected chi connectivity index (χ4v) is 2.72. The molecule has 0 bridgehead atoms. The van der Waals surface area contributed by atoms with Crippen LogP contribution >= 0.6 is 0 Å². The number of aliphatic hydroxyl groups is 1. The summed E-state index contributed by atoms with van der Waals surface area (Å²) in [7, 11) is 0. The molecule has 2 N–H and O–H groups in total. The standard InChI is InChI=1S/C18H27NO4/c1-18(2,3)23-17(21)19-16(12-20)15-6-4-13(5-7-15)14-8-10-22-11-9-14/h4-7,14,16,20H,8-12H2,1-3H3,(H,19,21). The van der Waals surface area contributed by atoms with E-state index >= 15 is 0 Å².